The number of amides is 2. The third-order valence-electron chi connectivity index (χ3n) is 13.0. The topological polar surface area (TPSA) is 382 Å². The normalized spacial score (nSPS) is 17.5. The van der Waals surface area contributed by atoms with E-state index in [-0.39, 0.29) is 128 Å². The number of fused-ring (bicyclic) bond motifs is 1. The number of aliphatic carboxylic acids is 4. The smallest absolute Gasteiger partial charge is 0.323 e. The van der Waals surface area contributed by atoms with Crippen molar-refractivity contribution >= 4 is 73.3 Å². The van der Waals surface area contributed by atoms with Gasteiger partial charge in [0.2, 0.25) is 21.8 Å². The predicted molar refractivity (Wildman–Crippen MR) is 279 cm³/mol. The number of aromatic amines is 1. The Morgan fingerprint density at radius 1 is 0.766 bits per heavy atom. The summed E-state index contributed by atoms with van der Waals surface area (Å²) >= 11 is 0. The molecular formula is C48H69N11O16S2. The second kappa shape index (κ2) is 28.1. The van der Waals surface area contributed by atoms with Crippen molar-refractivity contribution in [2.45, 2.75) is 76.0 Å². The molecule has 1 unspecified atom stereocenters. The first-order valence-corrected chi connectivity index (χ1v) is 27.9. The monoisotopic (exact) mass is 1120 g/mol. The zero-order valence-electron chi connectivity index (χ0n) is 43.1. The van der Waals surface area contributed by atoms with Crippen LogP contribution in [0, 0.1) is 20.8 Å². The summed E-state index contributed by atoms with van der Waals surface area (Å²) in [5, 5.41) is 47.1. The number of ketones is 1. The average molecular weight is 1120 g/mol. The van der Waals surface area contributed by atoms with Crippen molar-refractivity contribution in [3.8, 4) is 0 Å². The first-order valence-electron chi connectivity index (χ1n) is 24.8. The number of nitrogens with zero attached hydrogens (tertiary/aromatic N) is 6. The van der Waals surface area contributed by atoms with Crippen LogP contribution >= 0.6 is 0 Å². The second-order valence-corrected chi connectivity index (χ2v) is 22.4. The first kappa shape index (κ1) is 61.3. The number of hydrogen-bond acceptors (Lipinski definition) is 18. The van der Waals surface area contributed by atoms with Gasteiger partial charge in [-0.2, -0.15) is 13.1 Å². The van der Waals surface area contributed by atoms with Crippen LogP contribution in [0.25, 0.3) is 0 Å². The van der Waals surface area contributed by atoms with Gasteiger partial charge in [-0.15, -0.1) is 0 Å². The quantitative estimate of drug-likeness (QED) is 0.0350. The van der Waals surface area contributed by atoms with Gasteiger partial charge in [-0.1, -0.05) is 23.8 Å². The number of aromatic nitrogens is 2. The molecule has 3 heterocycles. The van der Waals surface area contributed by atoms with Gasteiger partial charge < -0.3 is 46.3 Å². The van der Waals surface area contributed by atoms with Crippen LogP contribution in [-0.4, -0.2) is 228 Å². The van der Waals surface area contributed by atoms with Gasteiger partial charge in [0.05, 0.1) is 36.8 Å². The molecule has 2 amide bonds. The van der Waals surface area contributed by atoms with E-state index in [1.54, 1.807) is 88.0 Å². The number of carboxylic acid groups (broad SMARTS) is 4. The molecule has 29 heteroatoms. The second-order valence-electron chi connectivity index (χ2n) is 19.3. The summed E-state index contributed by atoms with van der Waals surface area (Å²) in [4.78, 5) is 104. The molecule has 1 saturated heterocycles. The molecule has 0 bridgehead atoms. The Hall–Kier alpha value is -6.60. The number of sulfonamides is 1. The minimum absolute atomic E-state index is 0.0128. The van der Waals surface area contributed by atoms with Crippen LogP contribution in [0.3, 0.4) is 0 Å². The van der Waals surface area contributed by atoms with Crippen molar-refractivity contribution in [3.05, 3.63) is 70.5 Å². The summed E-state index contributed by atoms with van der Waals surface area (Å²) in [6, 6.07) is 4.13. The molecule has 2 aliphatic rings. The van der Waals surface area contributed by atoms with E-state index in [1.807, 2.05) is 0 Å². The number of nitrogens with one attached hydrogen (secondary N) is 5. The largest absolute Gasteiger partial charge is 0.480 e. The van der Waals surface area contributed by atoms with Gasteiger partial charge in [-0.05, 0) is 68.9 Å². The first-order chi connectivity index (χ1) is 36.3. The summed E-state index contributed by atoms with van der Waals surface area (Å²) < 4.78 is 63.9. The third-order valence-corrected chi connectivity index (χ3v) is 15.6. The fourth-order valence-corrected chi connectivity index (χ4v) is 11.9. The van der Waals surface area contributed by atoms with Gasteiger partial charge in [-0.3, -0.25) is 57.7 Å². The number of carbonyl (C=O) groups is 7. The molecule has 2 aliphatic heterocycles. The molecule has 27 nitrogen and oxygen atoms in total. The molecule has 2 aromatic carbocycles. The lowest BCUT2D eigenvalue weighted by atomic mass is 9.92. The third kappa shape index (κ3) is 19.7. The number of carboxylic acids is 4. The minimum atomic E-state index is -4.67. The van der Waals surface area contributed by atoms with Crippen LogP contribution in [-0.2, 0) is 55.5 Å². The van der Waals surface area contributed by atoms with E-state index < -0.39 is 92.0 Å². The van der Waals surface area contributed by atoms with Crippen LogP contribution in [0.1, 0.15) is 58.3 Å². The Bertz CT molecular complexity index is 2760. The molecule has 5 rings (SSSR count). The number of anilines is 2. The van der Waals surface area contributed by atoms with Crippen molar-refractivity contribution in [1.29, 1.82) is 0 Å². The van der Waals surface area contributed by atoms with Crippen molar-refractivity contribution < 1.29 is 75.4 Å². The van der Waals surface area contributed by atoms with Crippen molar-refractivity contribution in [3.63, 3.8) is 0 Å². The molecule has 77 heavy (non-hydrogen) atoms. The number of unbranched alkanes of at least 4 members (excludes halogenated alkanes) is 1. The minimum Gasteiger partial charge on any atom is -0.480 e. The molecule has 424 valence electrons. The number of rotatable bonds is 26. The Balaban J connectivity index is 1.32. The molecule has 10 N–H and O–H groups in total. The highest BCUT2D eigenvalue weighted by atomic mass is 32.2. The maximum absolute atomic E-state index is 14.2. The maximum Gasteiger partial charge on any atom is 0.323 e. The number of aryl methyl sites for hydroxylation is 3. The molecular weight excluding hydrogens is 1050 g/mol. The number of hydrogen-bond donors (Lipinski definition) is 10. The Labute approximate surface area is 446 Å². The van der Waals surface area contributed by atoms with Crippen LogP contribution in [0.15, 0.2) is 47.6 Å². The number of Topliss-reactive ketones (excluding diaryl/α,β-unsaturated/α-hetero) is 1. The number of imidazole rings is 1. The summed E-state index contributed by atoms with van der Waals surface area (Å²) in [5.41, 5.74) is 2.90. The van der Waals surface area contributed by atoms with Gasteiger partial charge in [0.1, 0.15) is 12.1 Å². The highest BCUT2D eigenvalue weighted by molar-refractivity contribution is 7.89. The summed E-state index contributed by atoms with van der Waals surface area (Å²) in [6.45, 7) is 4.15. The van der Waals surface area contributed by atoms with E-state index in [1.165, 1.54) is 0 Å². The van der Waals surface area contributed by atoms with E-state index in [0.717, 1.165) is 5.56 Å². The Kier molecular flexibility index (Phi) is 22.4. The molecule has 0 radical (unpaired) electrons. The van der Waals surface area contributed by atoms with E-state index in [9.17, 15) is 75.4 Å². The lowest BCUT2D eigenvalue weighted by Crippen LogP contribution is -2.55. The van der Waals surface area contributed by atoms with Crippen LogP contribution < -0.4 is 25.6 Å². The van der Waals surface area contributed by atoms with Crippen molar-refractivity contribution in [2.24, 2.45) is 0 Å². The van der Waals surface area contributed by atoms with Crippen LogP contribution in [0.2, 0.25) is 0 Å². The van der Waals surface area contributed by atoms with Gasteiger partial charge in [0.15, 0.2) is 11.7 Å². The fraction of sp³-hybridized carbons (Fsp3) is 0.542. The van der Waals surface area contributed by atoms with E-state index >= 15 is 0 Å². The van der Waals surface area contributed by atoms with Crippen molar-refractivity contribution in [1.82, 2.24) is 44.9 Å². The van der Waals surface area contributed by atoms with Crippen LogP contribution in [0.5, 0.6) is 0 Å². The van der Waals surface area contributed by atoms with Crippen molar-refractivity contribution in [2.75, 3.05) is 108 Å². The summed E-state index contributed by atoms with van der Waals surface area (Å²) in [5.74, 6) is -7.21. The zero-order chi connectivity index (χ0) is 56.6. The summed E-state index contributed by atoms with van der Waals surface area (Å²) in [6.07, 6.45) is 3.21. The Morgan fingerprint density at radius 3 is 1.81 bits per heavy atom. The number of carbonyl (C=O) groups excluding carboxylic acids is 3. The predicted octanol–water partition coefficient (Wildman–Crippen LogP) is -0.725. The average Bonchev–Trinajstić information content (AvgIpc) is 3.85. The highest BCUT2D eigenvalue weighted by Crippen LogP contribution is 2.33. The van der Waals surface area contributed by atoms with E-state index in [0.29, 0.717) is 28.3 Å². The van der Waals surface area contributed by atoms with Gasteiger partial charge >= 0.3 is 23.9 Å². The molecule has 0 spiro atoms. The lowest BCUT2D eigenvalue weighted by Gasteiger charge is -2.38. The number of benzene rings is 2. The SMILES string of the molecule is Cc1cc(C)c(S(=O)(=O)N[C@@H](CNC(=O)C2CC(=O)c3ccc(CNc4ncc[nH]4)cc3N2CCCC[C@H](CS(=O)(=O)O)NC(=O)CN2CCN(CC(=O)O)CCN(CC(=O)O)CCN(CC(=O)O)CC2)C(=O)O)c(C)c1. The van der Waals surface area contributed by atoms with Gasteiger partial charge in [0.25, 0.3) is 10.1 Å². The highest BCUT2D eigenvalue weighted by Gasteiger charge is 2.37. The molecule has 0 aliphatic carbocycles. The van der Waals surface area contributed by atoms with Crippen LogP contribution in [0.4, 0.5) is 11.6 Å². The molecule has 1 fully saturated rings. The van der Waals surface area contributed by atoms with Gasteiger partial charge in [0, 0.05) is 108 Å². The van der Waals surface area contributed by atoms with E-state index in [4.69, 9.17) is 0 Å². The summed E-state index contributed by atoms with van der Waals surface area (Å²) in [7, 11) is -9.08. The molecule has 3 atom stereocenters. The Morgan fingerprint density at radius 2 is 1.31 bits per heavy atom. The fourth-order valence-electron chi connectivity index (χ4n) is 9.50. The molecule has 1 aromatic heterocycles. The zero-order valence-corrected chi connectivity index (χ0v) is 44.8. The maximum atomic E-state index is 14.2. The van der Waals surface area contributed by atoms with E-state index in [2.05, 4.69) is 30.6 Å². The van der Waals surface area contributed by atoms with Gasteiger partial charge in [-0.25, -0.2) is 13.4 Å². The lowest BCUT2D eigenvalue weighted by molar-refractivity contribution is -0.140. The molecule has 3 aromatic rings. The molecule has 0 saturated carbocycles. The standard InChI is InChI=1S/C48H69N11O16S2/c1-31-20-32(2)45(33(3)21-31)77(74,75)54-37(47(69)70)25-51-46(68)39-23-40(60)36-8-7-34(24-52-48-49-9-10-50-48)22-38(36)59(39)11-5-4-6-35(30-76(71,72)73)53-41(61)26-55-12-14-56(27-42(62)63)16-18-58(29-44(66)67)19-17-57(15-13-55)28-43(64)65/h7-10,20-22,35,37,39,54H,4-6,11-19,23-30H2,1-3H3,(H,51,68)(H,53,61)(H,62,63)(H,64,65)(H,66,67)(H,69,70)(H2,49,50,52)(H,71,72,73)/t35-,37+,39?/m1/s1. The number of H-pyrrole nitrogens is 1.